The second-order valence-electron chi connectivity index (χ2n) is 6.73. The van der Waals surface area contributed by atoms with Crippen molar-refractivity contribution in [2.75, 3.05) is 0 Å². The van der Waals surface area contributed by atoms with Crippen molar-refractivity contribution in [2.24, 2.45) is 0 Å². The lowest BCUT2D eigenvalue weighted by atomic mass is 10.1. The molecule has 1 aromatic heterocycles. The first kappa shape index (κ1) is 17.8. The maximum Gasteiger partial charge on any atom is 0.251 e. The number of rotatable bonds is 6. The lowest BCUT2D eigenvalue weighted by Gasteiger charge is -2.08. The molecule has 1 heterocycles. The summed E-state index contributed by atoms with van der Waals surface area (Å²) >= 11 is 0. The summed E-state index contributed by atoms with van der Waals surface area (Å²) in [5, 5.41) is 17.8. The predicted octanol–water partition coefficient (Wildman–Crippen LogP) is 3.91. The SMILES string of the molecule is O=C(NCc1ccc2cnn(CCc3ccccc3)c2c1)c1ccc(O)cc1. The molecule has 4 aromatic rings. The molecule has 2 N–H and O–H groups in total. The van der Waals surface area contributed by atoms with Gasteiger partial charge in [-0.1, -0.05) is 42.5 Å². The molecule has 0 saturated carbocycles. The molecular formula is C23H21N3O2. The highest BCUT2D eigenvalue weighted by Gasteiger charge is 2.08. The van der Waals surface area contributed by atoms with Crippen LogP contribution in [-0.2, 0) is 19.5 Å². The molecule has 3 aromatic carbocycles. The van der Waals surface area contributed by atoms with Gasteiger partial charge in [-0.2, -0.15) is 5.10 Å². The Labute approximate surface area is 163 Å². The standard InChI is InChI=1S/C23H21N3O2/c27-21-10-8-19(9-11-21)23(28)24-15-18-6-7-20-16-25-26(22(20)14-18)13-12-17-4-2-1-3-5-17/h1-11,14,16,27H,12-13,15H2,(H,24,28). The highest BCUT2D eigenvalue weighted by Crippen LogP contribution is 2.17. The van der Waals surface area contributed by atoms with Crippen LogP contribution in [0.2, 0.25) is 0 Å². The van der Waals surface area contributed by atoms with E-state index in [0.717, 1.165) is 29.4 Å². The number of nitrogens with one attached hydrogen (secondary N) is 1. The maximum absolute atomic E-state index is 12.3. The number of amides is 1. The van der Waals surface area contributed by atoms with Crippen LogP contribution in [0.5, 0.6) is 5.75 Å². The fourth-order valence-corrected chi connectivity index (χ4v) is 3.18. The Morgan fingerprint density at radius 1 is 0.964 bits per heavy atom. The summed E-state index contributed by atoms with van der Waals surface area (Å²) in [7, 11) is 0. The number of hydrogen-bond acceptors (Lipinski definition) is 3. The summed E-state index contributed by atoms with van der Waals surface area (Å²) < 4.78 is 2.01. The molecule has 28 heavy (non-hydrogen) atoms. The number of phenols is 1. The van der Waals surface area contributed by atoms with Crippen LogP contribution in [0, 0.1) is 0 Å². The van der Waals surface area contributed by atoms with E-state index < -0.39 is 0 Å². The Bertz CT molecular complexity index is 1090. The number of carbonyl (C=O) groups excluding carboxylic acids is 1. The van der Waals surface area contributed by atoms with Crippen LogP contribution in [0.4, 0.5) is 0 Å². The Hall–Kier alpha value is -3.60. The highest BCUT2D eigenvalue weighted by atomic mass is 16.3. The van der Waals surface area contributed by atoms with Gasteiger partial charge in [0, 0.05) is 24.0 Å². The molecule has 0 bridgehead atoms. The van der Waals surface area contributed by atoms with Crippen molar-refractivity contribution in [3.63, 3.8) is 0 Å². The van der Waals surface area contributed by atoms with Gasteiger partial charge in [0.2, 0.25) is 0 Å². The van der Waals surface area contributed by atoms with E-state index in [1.807, 2.05) is 41.2 Å². The molecule has 0 unspecified atom stereocenters. The minimum Gasteiger partial charge on any atom is -0.508 e. The molecule has 140 valence electrons. The van der Waals surface area contributed by atoms with Crippen LogP contribution in [0.25, 0.3) is 10.9 Å². The van der Waals surface area contributed by atoms with E-state index in [2.05, 4.69) is 28.6 Å². The van der Waals surface area contributed by atoms with Gasteiger partial charge in [-0.3, -0.25) is 9.48 Å². The van der Waals surface area contributed by atoms with Crippen molar-refractivity contribution in [1.29, 1.82) is 0 Å². The van der Waals surface area contributed by atoms with Gasteiger partial charge in [-0.25, -0.2) is 0 Å². The summed E-state index contributed by atoms with van der Waals surface area (Å²) in [6.45, 7) is 1.23. The Balaban J connectivity index is 1.44. The molecule has 0 saturated heterocycles. The van der Waals surface area contributed by atoms with Crippen molar-refractivity contribution in [2.45, 2.75) is 19.5 Å². The number of aryl methyl sites for hydroxylation is 2. The monoisotopic (exact) mass is 371 g/mol. The summed E-state index contributed by atoms with van der Waals surface area (Å²) in [6, 6.07) is 22.7. The molecule has 0 aliphatic carbocycles. The average molecular weight is 371 g/mol. The van der Waals surface area contributed by atoms with Gasteiger partial charge >= 0.3 is 0 Å². The van der Waals surface area contributed by atoms with Crippen LogP contribution in [0.3, 0.4) is 0 Å². The minimum absolute atomic E-state index is 0.144. The Morgan fingerprint density at radius 2 is 1.75 bits per heavy atom. The first-order chi connectivity index (χ1) is 13.7. The molecule has 4 rings (SSSR count). The number of nitrogens with zero attached hydrogens (tertiary/aromatic N) is 2. The molecule has 0 spiro atoms. The van der Waals surface area contributed by atoms with Gasteiger partial charge < -0.3 is 10.4 Å². The average Bonchev–Trinajstić information content (AvgIpc) is 3.14. The molecule has 0 radical (unpaired) electrons. The third-order valence-electron chi connectivity index (χ3n) is 4.75. The quantitative estimate of drug-likeness (QED) is 0.540. The van der Waals surface area contributed by atoms with Crippen molar-refractivity contribution in [1.82, 2.24) is 15.1 Å². The molecule has 0 aliphatic heterocycles. The van der Waals surface area contributed by atoms with E-state index >= 15 is 0 Å². The van der Waals surface area contributed by atoms with E-state index in [0.29, 0.717) is 12.1 Å². The normalized spacial score (nSPS) is 10.9. The second-order valence-corrected chi connectivity index (χ2v) is 6.73. The van der Waals surface area contributed by atoms with E-state index in [1.165, 1.54) is 17.7 Å². The number of aromatic nitrogens is 2. The number of carbonyl (C=O) groups is 1. The first-order valence-corrected chi connectivity index (χ1v) is 9.25. The van der Waals surface area contributed by atoms with Crippen LogP contribution < -0.4 is 5.32 Å². The predicted molar refractivity (Wildman–Crippen MR) is 109 cm³/mol. The number of hydrogen-bond donors (Lipinski definition) is 2. The van der Waals surface area contributed by atoms with Gasteiger partial charge in [0.25, 0.3) is 5.91 Å². The molecule has 0 aliphatic rings. The Morgan fingerprint density at radius 3 is 2.54 bits per heavy atom. The fraction of sp³-hybridized carbons (Fsp3) is 0.130. The van der Waals surface area contributed by atoms with E-state index in [1.54, 1.807) is 12.1 Å². The molecular weight excluding hydrogens is 350 g/mol. The van der Waals surface area contributed by atoms with E-state index in [-0.39, 0.29) is 11.7 Å². The molecule has 5 nitrogen and oxygen atoms in total. The van der Waals surface area contributed by atoms with Crippen LogP contribution in [0.1, 0.15) is 21.5 Å². The van der Waals surface area contributed by atoms with Crippen molar-refractivity contribution >= 4 is 16.8 Å². The van der Waals surface area contributed by atoms with Crippen LogP contribution in [-0.4, -0.2) is 20.8 Å². The zero-order valence-electron chi connectivity index (χ0n) is 15.4. The largest absolute Gasteiger partial charge is 0.508 e. The summed E-state index contributed by atoms with van der Waals surface area (Å²) in [4.78, 5) is 12.3. The number of benzene rings is 3. The van der Waals surface area contributed by atoms with E-state index in [4.69, 9.17) is 0 Å². The number of phenolic OH excluding ortho intramolecular Hbond substituents is 1. The topological polar surface area (TPSA) is 67.2 Å². The molecule has 0 fully saturated rings. The third-order valence-corrected chi connectivity index (χ3v) is 4.75. The Kier molecular flexibility index (Phi) is 5.06. The molecule has 1 amide bonds. The van der Waals surface area contributed by atoms with Gasteiger partial charge in [-0.15, -0.1) is 0 Å². The molecule has 0 atom stereocenters. The summed E-state index contributed by atoms with van der Waals surface area (Å²) in [6.07, 6.45) is 2.79. The molecule has 5 heteroatoms. The van der Waals surface area contributed by atoms with Crippen molar-refractivity contribution < 1.29 is 9.90 Å². The first-order valence-electron chi connectivity index (χ1n) is 9.25. The minimum atomic E-state index is -0.169. The van der Waals surface area contributed by atoms with Crippen molar-refractivity contribution in [3.05, 3.63) is 95.7 Å². The number of aromatic hydroxyl groups is 1. The third kappa shape index (κ3) is 4.04. The smallest absolute Gasteiger partial charge is 0.251 e. The van der Waals surface area contributed by atoms with Gasteiger partial charge in [0.15, 0.2) is 0 Å². The van der Waals surface area contributed by atoms with Gasteiger partial charge in [0.05, 0.1) is 11.7 Å². The maximum atomic E-state index is 12.3. The second kappa shape index (κ2) is 7.96. The highest BCUT2D eigenvalue weighted by molar-refractivity contribution is 5.94. The van der Waals surface area contributed by atoms with Crippen LogP contribution >= 0.6 is 0 Å². The van der Waals surface area contributed by atoms with Crippen molar-refractivity contribution in [3.8, 4) is 5.75 Å². The lowest BCUT2D eigenvalue weighted by molar-refractivity contribution is 0.0951. The lowest BCUT2D eigenvalue weighted by Crippen LogP contribution is -2.22. The van der Waals surface area contributed by atoms with Gasteiger partial charge in [0.1, 0.15) is 5.75 Å². The van der Waals surface area contributed by atoms with Crippen LogP contribution in [0.15, 0.2) is 79.0 Å². The fourth-order valence-electron chi connectivity index (χ4n) is 3.18. The number of fused-ring (bicyclic) bond motifs is 1. The summed E-state index contributed by atoms with van der Waals surface area (Å²) in [5.41, 5.74) is 3.88. The zero-order valence-corrected chi connectivity index (χ0v) is 15.4. The van der Waals surface area contributed by atoms with Gasteiger partial charge in [-0.05, 0) is 47.9 Å². The summed E-state index contributed by atoms with van der Waals surface area (Å²) in [5.74, 6) is -0.0246. The zero-order chi connectivity index (χ0) is 19.3. The van der Waals surface area contributed by atoms with E-state index in [9.17, 15) is 9.90 Å².